The Bertz CT molecular complexity index is 1050. The average molecular weight is 435 g/mol. The molecule has 1 aliphatic heterocycles. The number of benzene rings is 1. The van der Waals surface area contributed by atoms with Crippen LogP contribution in [0.2, 0.25) is 0 Å². The van der Waals surface area contributed by atoms with E-state index in [9.17, 15) is 4.79 Å². The van der Waals surface area contributed by atoms with Gasteiger partial charge in [0.2, 0.25) is 11.9 Å². The highest BCUT2D eigenvalue weighted by Crippen LogP contribution is 2.30. The van der Waals surface area contributed by atoms with E-state index in [2.05, 4.69) is 37.1 Å². The van der Waals surface area contributed by atoms with Crippen LogP contribution in [0.25, 0.3) is 22.2 Å². The van der Waals surface area contributed by atoms with Crippen molar-refractivity contribution in [1.29, 1.82) is 0 Å². The van der Waals surface area contributed by atoms with Crippen LogP contribution in [0.3, 0.4) is 0 Å². The second-order valence-corrected chi connectivity index (χ2v) is 9.14. The summed E-state index contributed by atoms with van der Waals surface area (Å²) < 4.78 is 5.37. The van der Waals surface area contributed by atoms with Crippen LogP contribution in [0.4, 0.5) is 5.95 Å². The van der Waals surface area contributed by atoms with E-state index in [-0.39, 0.29) is 11.8 Å². The van der Waals surface area contributed by atoms with Crippen molar-refractivity contribution in [2.45, 2.75) is 25.7 Å². The maximum absolute atomic E-state index is 12.9. The first-order valence-electron chi connectivity index (χ1n) is 11.5. The van der Waals surface area contributed by atoms with E-state index in [1.165, 1.54) is 12.9 Å². The molecule has 32 heavy (non-hydrogen) atoms. The van der Waals surface area contributed by atoms with Gasteiger partial charge in [0.15, 0.2) is 12.2 Å². The van der Waals surface area contributed by atoms with E-state index in [1.807, 2.05) is 18.2 Å². The summed E-state index contributed by atoms with van der Waals surface area (Å²) in [6.07, 6.45) is 8.93. The Morgan fingerprint density at radius 3 is 2.69 bits per heavy atom. The predicted molar refractivity (Wildman–Crippen MR) is 123 cm³/mol. The van der Waals surface area contributed by atoms with Gasteiger partial charge in [-0.15, -0.1) is 0 Å². The lowest BCUT2D eigenvalue weighted by atomic mass is 9.81. The van der Waals surface area contributed by atoms with Crippen LogP contribution < -0.4 is 5.32 Å². The van der Waals surface area contributed by atoms with E-state index in [0.29, 0.717) is 17.6 Å². The van der Waals surface area contributed by atoms with Crippen molar-refractivity contribution in [3.05, 3.63) is 37.0 Å². The van der Waals surface area contributed by atoms with E-state index in [1.54, 1.807) is 12.4 Å². The molecule has 0 radical (unpaired) electrons. The zero-order valence-corrected chi connectivity index (χ0v) is 18.5. The highest BCUT2D eigenvalue weighted by molar-refractivity contribution is 5.92. The summed E-state index contributed by atoms with van der Waals surface area (Å²) in [5.41, 5.74) is 1.66. The number of likely N-dealkylation sites (N-methyl/N-ethyl adjacent to an activating group) is 1. The highest BCUT2D eigenvalue weighted by atomic mass is 16.3. The fourth-order valence-electron chi connectivity index (χ4n) is 4.81. The molecule has 2 aromatic heterocycles. The van der Waals surface area contributed by atoms with Gasteiger partial charge in [-0.1, -0.05) is 12.1 Å². The van der Waals surface area contributed by atoms with Crippen LogP contribution in [0, 0.1) is 11.8 Å². The maximum atomic E-state index is 12.9. The van der Waals surface area contributed by atoms with Gasteiger partial charge in [-0.3, -0.25) is 10.1 Å². The van der Waals surface area contributed by atoms with E-state index >= 15 is 0 Å². The third kappa shape index (κ3) is 4.81. The Hall–Kier alpha value is -2.84. The molecule has 1 aromatic carbocycles. The van der Waals surface area contributed by atoms with Crippen LogP contribution in [0.1, 0.15) is 25.7 Å². The summed E-state index contributed by atoms with van der Waals surface area (Å²) in [5, 5.41) is 3.86. The first-order valence-corrected chi connectivity index (χ1v) is 11.5. The fraction of sp³-hybridized carbons (Fsp3) is 0.500. The normalized spacial score (nSPS) is 22.8. The van der Waals surface area contributed by atoms with Gasteiger partial charge in [0, 0.05) is 55.8 Å². The largest absolute Gasteiger partial charge is 0.444 e. The Labute approximate surface area is 188 Å². The number of hydrogen-bond acceptors (Lipinski definition) is 7. The smallest absolute Gasteiger partial charge is 0.229 e. The monoisotopic (exact) mass is 434 g/mol. The molecular weight excluding hydrogens is 404 g/mol. The van der Waals surface area contributed by atoms with Crippen LogP contribution in [-0.4, -0.2) is 70.4 Å². The molecular formula is C24H30N6O2. The number of amides is 1. The van der Waals surface area contributed by atoms with Gasteiger partial charge in [0.05, 0.1) is 11.7 Å². The number of hydrogen-bond donors (Lipinski definition) is 1. The number of oxazole rings is 1. The second kappa shape index (κ2) is 9.34. The summed E-state index contributed by atoms with van der Waals surface area (Å²) in [6, 6.07) is 5.82. The van der Waals surface area contributed by atoms with Gasteiger partial charge in [0.25, 0.3) is 0 Å². The number of anilines is 1. The minimum absolute atomic E-state index is 0.0359. The van der Waals surface area contributed by atoms with Gasteiger partial charge in [-0.05, 0) is 44.7 Å². The second-order valence-electron chi connectivity index (χ2n) is 9.14. The molecule has 0 spiro atoms. The molecule has 168 valence electrons. The molecule has 0 unspecified atom stereocenters. The minimum Gasteiger partial charge on any atom is -0.444 e. The third-order valence-electron chi connectivity index (χ3n) is 6.86. The van der Waals surface area contributed by atoms with Crippen molar-refractivity contribution in [3.8, 4) is 11.3 Å². The molecule has 0 atom stereocenters. The zero-order chi connectivity index (χ0) is 21.9. The van der Waals surface area contributed by atoms with Gasteiger partial charge >= 0.3 is 0 Å². The summed E-state index contributed by atoms with van der Waals surface area (Å²) >= 11 is 0. The van der Waals surface area contributed by atoms with E-state index < -0.39 is 0 Å². The van der Waals surface area contributed by atoms with E-state index in [0.717, 1.165) is 68.3 Å². The highest BCUT2D eigenvalue weighted by Gasteiger charge is 2.28. The molecule has 3 heterocycles. The summed E-state index contributed by atoms with van der Waals surface area (Å²) in [7, 11) is 2.19. The van der Waals surface area contributed by atoms with Gasteiger partial charge < -0.3 is 14.2 Å². The van der Waals surface area contributed by atoms with Crippen molar-refractivity contribution in [3.63, 3.8) is 0 Å². The third-order valence-corrected chi connectivity index (χ3v) is 6.86. The topological polar surface area (TPSA) is 87.4 Å². The molecule has 3 aromatic rings. The number of carbonyl (C=O) groups is 1. The quantitative estimate of drug-likeness (QED) is 0.659. The molecule has 5 rings (SSSR count). The van der Waals surface area contributed by atoms with Crippen molar-refractivity contribution >= 4 is 22.8 Å². The van der Waals surface area contributed by atoms with Crippen molar-refractivity contribution in [1.82, 2.24) is 24.8 Å². The predicted octanol–water partition coefficient (Wildman–Crippen LogP) is 3.28. The fourth-order valence-corrected chi connectivity index (χ4v) is 4.81. The number of aromatic nitrogens is 3. The lowest BCUT2D eigenvalue weighted by Gasteiger charge is -2.36. The molecule has 1 amide bonds. The number of carbonyl (C=O) groups excluding carboxylic acids is 1. The lowest BCUT2D eigenvalue weighted by Crippen LogP contribution is -2.46. The average Bonchev–Trinajstić information content (AvgIpc) is 3.36. The number of nitrogens with zero attached hydrogens (tertiary/aromatic N) is 5. The number of rotatable bonds is 5. The lowest BCUT2D eigenvalue weighted by molar-refractivity contribution is -0.121. The Morgan fingerprint density at radius 1 is 1.12 bits per heavy atom. The van der Waals surface area contributed by atoms with Gasteiger partial charge in [-0.25, -0.2) is 15.0 Å². The summed E-state index contributed by atoms with van der Waals surface area (Å²) in [4.78, 5) is 30.7. The Kier molecular flexibility index (Phi) is 6.14. The Morgan fingerprint density at radius 2 is 1.94 bits per heavy atom. The molecule has 8 heteroatoms. The SMILES string of the molecule is CN1CCN(CC2CCC(C(=O)Nc3ncc4ccc(-c5cnco5)cc4n3)CC2)CC1. The zero-order valence-electron chi connectivity index (χ0n) is 18.5. The maximum Gasteiger partial charge on any atom is 0.229 e. The number of nitrogens with one attached hydrogen (secondary N) is 1. The van der Waals surface area contributed by atoms with Crippen LogP contribution >= 0.6 is 0 Å². The standard InChI is InChI=1S/C24H30N6O2/c1-29-8-10-30(11-9-29)15-17-2-4-18(5-3-17)23(31)28-24-26-13-20-7-6-19(12-21(20)27-24)22-14-25-16-32-22/h6-7,12-14,16-18H,2-5,8-11,15H2,1H3,(H,26,27,28,31). The van der Waals surface area contributed by atoms with Crippen molar-refractivity contribution < 1.29 is 9.21 Å². The molecule has 0 bridgehead atoms. The van der Waals surface area contributed by atoms with Crippen LogP contribution in [-0.2, 0) is 4.79 Å². The van der Waals surface area contributed by atoms with Crippen LogP contribution in [0.15, 0.2) is 41.4 Å². The molecule has 1 aliphatic carbocycles. The molecule has 1 saturated heterocycles. The van der Waals surface area contributed by atoms with Crippen LogP contribution in [0.5, 0.6) is 0 Å². The van der Waals surface area contributed by atoms with Crippen molar-refractivity contribution in [2.24, 2.45) is 11.8 Å². The van der Waals surface area contributed by atoms with E-state index in [4.69, 9.17) is 4.42 Å². The minimum atomic E-state index is 0.0359. The summed E-state index contributed by atoms with van der Waals surface area (Å²) in [6.45, 7) is 5.80. The number of fused-ring (bicyclic) bond motifs is 1. The molecule has 2 aliphatic rings. The van der Waals surface area contributed by atoms with Gasteiger partial charge in [0.1, 0.15) is 0 Å². The molecule has 8 nitrogen and oxygen atoms in total. The first kappa shape index (κ1) is 21.0. The Balaban J connectivity index is 1.17. The summed E-state index contributed by atoms with van der Waals surface area (Å²) in [5.74, 6) is 1.82. The van der Waals surface area contributed by atoms with Gasteiger partial charge in [-0.2, -0.15) is 0 Å². The molecule has 2 fully saturated rings. The number of piperazine rings is 1. The molecule has 1 N–H and O–H groups in total. The molecule has 1 saturated carbocycles. The van der Waals surface area contributed by atoms with Crippen molar-refractivity contribution in [2.75, 3.05) is 45.1 Å². The first-order chi connectivity index (χ1) is 15.6.